The van der Waals surface area contributed by atoms with Gasteiger partial charge in [-0.25, -0.2) is 9.48 Å². The van der Waals surface area contributed by atoms with Crippen molar-refractivity contribution in [3.63, 3.8) is 0 Å². The summed E-state index contributed by atoms with van der Waals surface area (Å²) >= 11 is 0. The normalized spacial score (nSPS) is 15.5. The molecule has 0 aromatic carbocycles. The molecule has 0 aliphatic heterocycles. The second-order valence-corrected chi connectivity index (χ2v) is 6.76. The monoisotopic (exact) mass is 335 g/mol. The zero-order valence-corrected chi connectivity index (χ0v) is 14.2. The Labute approximate surface area is 141 Å². The van der Waals surface area contributed by atoms with Gasteiger partial charge in [-0.15, -0.1) is 0 Å². The largest absolute Gasteiger partial charge is 0.480 e. The quantitative estimate of drug-likeness (QED) is 0.759. The maximum atomic E-state index is 12.1. The van der Waals surface area contributed by atoms with Gasteiger partial charge in [0.2, 0.25) is 5.91 Å². The Kier molecular flexibility index (Phi) is 6.11. The van der Waals surface area contributed by atoms with Crippen LogP contribution in [0.4, 0.5) is 0 Å². The van der Waals surface area contributed by atoms with E-state index in [-0.39, 0.29) is 18.0 Å². The van der Waals surface area contributed by atoms with Crippen molar-refractivity contribution < 1.29 is 14.7 Å². The number of hydrogen-bond acceptors (Lipinski definition) is 4. The van der Waals surface area contributed by atoms with E-state index in [1.165, 1.54) is 0 Å². The van der Waals surface area contributed by atoms with Gasteiger partial charge in [-0.3, -0.25) is 9.59 Å². The van der Waals surface area contributed by atoms with Gasteiger partial charge in [-0.2, -0.15) is 5.10 Å². The number of fused-ring (bicyclic) bond motifs is 1. The van der Waals surface area contributed by atoms with E-state index in [9.17, 15) is 19.5 Å². The van der Waals surface area contributed by atoms with Gasteiger partial charge >= 0.3 is 5.97 Å². The molecule has 0 fully saturated rings. The van der Waals surface area contributed by atoms with Gasteiger partial charge in [0.1, 0.15) is 12.6 Å². The topological polar surface area (TPSA) is 101 Å². The maximum Gasteiger partial charge on any atom is 0.326 e. The number of aromatic nitrogens is 2. The molecule has 0 unspecified atom stereocenters. The van der Waals surface area contributed by atoms with E-state index in [1.54, 1.807) is 6.07 Å². The molecular weight excluding hydrogens is 310 g/mol. The average Bonchev–Trinajstić information content (AvgIpc) is 2.71. The van der Waals surface area contributed by atoms with Crippen LogP contribution in [0.3, 0.4) is 0 Å². The van der Waals surface area contributed by atoms with Crippen LogP contribution >= 0.6 is 0 Å². The summed E-state index contributed by atoms with van der Waals surface area (Å²) in [5.41, 5.74) is 1.52. The van der Waals surface area contributed by atoms with Crippen molar-refractivity contribution in [3.8, 4) is 0 Å². The molecular formula is C17H25N3O4. The number of carboxylic acids is 1. The van der Waals surface area contributed by atoms with Gasteiger partial charge < -0.3 is 10.4 Å². The Hall–Kier alpha value is -2.18. The number of rotatable bonds is 6. The third-order valence-electron chi connectivity index (χ3n) is 4.16. The Morgan fingerprint density at radius 1 is 1.29 bits per heavy atom. The van der Waals surface area contributed by atoms with Crippen LogP contribution in [-0.4, -0.2) is 32.8 Å². The SMILES string of the molecule is CC(C)C[C@@H](NC(=O)Cn1nc2c(cc1=O)CCCCC2)C(=O)O. The molecule has 1 aromatic heterocycles. The highest BCUT2D eigenvalue weighted by Gasteiger charge is 2.22. The zero-order chi connectivity index (χ0) is 17.7. The van der Waals surface area contributed by atoms with Crippen LogP contribution in [-0.2, 0) is 29.0 Å². The molecule has 0 bridgehead atoms. The summed E-state index contributed by atoms with van der Waals surface area (Å²) in [7, 11) is 0. The number of carbonyl (C=O) groups is 2. The molecule has 1 heterocycles. The minimum Gasteiger partial charge on any atom is -0.480 e. The van der Waals surface area contributed by atoms with E-state index in [0.717, 1.165) is 48.0 Å². The molecule has 0 radical (unpaired) electrons. The Morgan fingerprint density at radius 3 is 2.67 bits per heavy atom. The number of nitrogens with zero attached hydrogens (tertiary/aromatic N) is 2. The molecule has 0 saturated carbocycles. The van der Waals surface area contributed by atoms with Crippen LogP contribution < -0.4 is 10.9 Å². The average molecular weight is 335 g/mol. The van der Waals surface area contributed by atoms with Crippen LogP contribution in [0.5, 0.6) is 0 Å². The Bertz CT molecular complexity index is 666. The van der Waals surface area contributed by atoms with Crippen LogP contribution in [0.15, 0.2) is 10.9 Å². The summed E-state index contributed by atoms with van der Waals surface area (Å²) in [4.78, 5) is 35.5. The first-order chi connectivity index (χ1) is 11.4. The molecule has 1 aliphatic rings. The third kappa shape index (κ3) is 4.91. The minimum absolute atomic E-state index is 0.139. The van der Waals surface area contributed by atoms with Gasteiger partial charge in [0.25, 0.3) is 5.56 Å². The number of nitrogens with one attached hydrogen (secondary N) is 1. The zero-order valence-electron chi connectivity index (χ0n) is 14.2. The molecule has 0 spiro atoms. The number of aryl methyl sites for hydroxylation is 2. The van der Waals surface area contributed by atoms with Crippen LogP contribution in [0.2, 0.25) is 0 Å². The Balaban J connectivity index is 2.09. The number of amides is 1. The highest BCUT2D eigenvalue weighted by molar-refractivity contribution is 5.83. The standard InChI is InChI=1S/C17H25N3O4/c1-11(2)8-14(17(23)24)18-15(21)10-20-16(22)9-12-6-4-3-5-7-13(12)19-20/h9,11,14H,3-8,10H2,1-2H3,(H,18,21)(H,23,24)/t14-/m1/s1. The van der Waals surface area contributed by atoms with Gasteiger partial charge in [0, 0.05) is 6.07 Å². The summed E-state index contributed by atoms with van der Waals surface area (Å²) in [5.74, 6) is -1.44. The molecule has 2 N–H and O–H groups in total. The number of carbonyl (C=O) groups excluding carboxylic acids is 1. The molecule has 2 rings (SSSR count). The molecule has 7 heteroatoms. The molecule has 7 nitrogen and oxygen atoms in total. The minimum atomic E-state index is -1.07. The van der Waals surface area contributed by atoms with Crippen molar-refractivity contribution in [1.29, 1.82) is 0 Å². The smallest absolute Gasteiger partial charge is 0.326 e. The van der Waals surface area contributed by atoms with E-state index in [0.29, 0.717) is 6.42 Å². The fourth-order valence-corrected chi connectivity index (χ4v) is 2.96. The highest BCUT2D eigenvalue weighted by Crippen LogP contribution is 2.16. The molecule has 1 aliphatic carbocycles. The van der Waals surface area contributed by atoms with Crippen molar-refractivity contribution in [3.05, 3.63) is 27.7 Å². The first-order valence-corrected chi connectivity index (χ1v) is 8.49. The van der Waals surface area contributed by atoms with Crippen molar-refractivity contribution in [2.24, 2.45) is 5.92 Å². The second kappa shape index (κ2) is 8.08. The molecule has 24 heavy (non-hydrogen) atoms. The van der Waals surface area contributed by atoms with Gasteiger partial charge in [-0.1, -0.05) is 20.3 Å². The molecule has 1 amide bonds. The van der Waals surface area contributed by atoms with Crippen LogP contribution in [0.25, 0.3) is 0 Å². The first kappa shape index (κ1) is 18.2. The van der Waals surface area contributed by atoms with Crippen molar-refractivity contribution in [2.75, 3.05) is 0 Å². The first-order valence-electron chi connectivity index (χ1n) is 8.49. The summed E-state index contributed by atoms with van der Waals surface area (Å²) < 4.78 is 1.13. The van der Waals surface area contributed by atoms with Crippen molar-refractivity contribution in [2.45, 2.75) is 65.0 Å². The lowest BCUT2D eigenvalue weighted by atomic mass is 10.0. The Morgan fingerprint density at radius 2 is 2.00 bits per heavy atom. The van der Waals surface area contributed by atoms with E-state index in [2.05, 4.69) is 10.4 Å². The molecule has 1 atom stereocenters. The van der Waals surface area contributed by atoms with Gasteiger partial charge in [0.15, 0.2) is 0 Å². The van der Waals surface area contributed by atoms with Crippen LogP contribution in [0.1, 0.15) is 50.8 Å². The number of hydrogen-bond donors (Lipinski definition) is 2. The van der Waals surface area contributed by atoms with E-state index >= 15 is 0 Å². The summed E-state index contributed by atoms with van der Waals surface area (Å²) in [6, 6.07) is 0.609. The summed E-state index contributed by atoms with van der Waals surface area (Å²) in [5, 5.41) is 16.0. The van der Waals surface area contributed by atoms with E-state index < -0.39 is 17.9 Å². The van der Waals surface area contributed by atoms with Crippen molar-refractivity contribution >= 4 is 11.9 Å². The van der Waals surface area contributed by atoms with E-state index in [4.69, 9.17) is 0 Å². The lowest BCUT2D eigenvalue weighted by molar-refractivity contribution is -0.142. The predicted octanol–water partition coefficient (Wildman–Crippen LogP) is 1.13. The lowest BCUT2D eigenvalue weighted by Crippen LogP contribution is -2.44. The summed E-state index contributed by atoms with van der Waals surface area (Å²) in [6.07, 6.45) is 5.19. The van der Waals surface area contributed by atoms with E-state index in [1.807, 2.05) is 13.8 Å². The molecule has 0 saturated heterocycles. The fraction of sp³-hybridized carbons (Fsp3) is 0.647. The van der Waals surface area contributed by atoms with Crippen molar-refractivity contribution in [1.82, 2.24) is 15.1 Å². The predicted molar refractivity (Wildman–Crippen MR) is 88.8 cm³/mol. The fourth-order valence-electron chi connectivity index (χ4n) is 2.96. The number of aliphatic carboxylic acids is 1. The maximum absolute atomic E-state index is 12.1. The second-order valence-electron chi connectivity index (χ2n) is 6.76. The highest BCUT2D eigenvalue weighted by atomic mass is 16.4. The molecule has 1 aromatic rings. The summed E-state index contributed by atoms with van der Waals surface area (Å²) in [6.45, 7) is 3.52. The molecule has 132 valence electrons. The van der Waals surface area contributed by atoms with Gasteiger partial charge in [-0.05, 0) is 43.6 Å². The lowest BCUT2D eigenvalue weighted by Gasteiger charge is -2.17. The van der Waals surface area contributed by atoms with Gasteiger partial charge in [0.05, 0.1) is 5.69 Å². The van der Waals surface area contributed by atoms with Crippen LogP contribution in [0, 0.1) is 5.92 Å². The number of carboxylic acid groups (broad SMARTS) is 1. The third-order valence-corrected chi connectivity index (χ3v) is 4.16.